The molecule has 0 fully saturated rings. The molecule has 0 saturated carbocycles. The van der Waals surface area contributed by atoms with E-state index in [0.717, 1.165) is 11.4 Å². The van der Waals surface area contributed by atoms with Gasteiger partial charge in [0.1, 0.15) is 4.70 Å². The van der Waals surface area contributed by atoms with Crippen molar-refractivity contribution in [3.63, 3.8) is 0 Å². The molecule has 0 aliphatic rings. The Bertz CT molecular complexity index is 1220. The molecule has 0 bridgehead atoms. The first-order chi connectivity index (χ1) is 13.0. The van der Waals surface area contributed by atoms with Crippen LogP contribution >= 0.6 is 35.3 Å². The van der Waals surface area contributed by atoms with Gasteiger partial charge in [-0.1, -0.05) is 71.1 Å². The first-order valence-corrected chi connectivity index (χ1v) is 10.6. The van der Waals surface area contributed by atoms with E-state index in [-0.39, 0.29) is 5.56 Å². The van der Waals surface area contributed by atoms with Gasteiger partial charge < -0.3 is 0 Å². The average molecular weight is 412 g/mol. The largest absolute Gasteiger partial charge is 0.289 e. The van der Waals surface area contributed by atoms with Gasteiger partial charge in [-0.3, -0.25) is 13.9 Å². The van der Waals surface area contributed by atoms with E-state index in [2.05, 4.69) is 12.1 Å². The van der Waals surface area contributed by atoms with Crippen molar-refractivity contribution in [1.82, 2.24) is 14.1 Å². The Morgan fingerprint density at radius 1 is 1.11 bits per heavy atom. The fourth-order valence-electron chi connectivity index (χ4n) is 2.78. The second-order valence-electron chi connectivity index (χ2n) is 6.22. The topological polar surface area (TPSA) is 39.8 Å². The summed E-state index contributed by atoms with van der Waals surface area (Å²) in [5.41, 5.74) is 3.87. The maximum atomic E-state index is 12.9. The first-order valence-electron chi connectivity index (χ1n) is 8.41. The standard InChI is InChI=1S/C20H17N3OS3/c1-13-8-10-15(11-9-13)23-17-16(27-20(23)25)18(24)22(2)19(21-17)26-12-14-6-4-3-5-7-14/h3-11H,12H2,1-2H3. The molecule has 0 N–H and O–H groups in total. The fourth-order valence-corrected chi connectivity index (χ4v) is 5.05. The van der Waals surface area contributed by atoms with E-state index in [1.165, 1.54) is 22.5 Å². The van der Waals surface area contributed by atoms with Crippen LogP contribution in [-0.4, -0.2) is 14.1 Å². The molecule has 7 heteroatoms. The van der Waals surface area contributed by atoms with Crippen LogP contribution in [0.3, 0.4) is 0 Å². The maximum Gasteiger partial charge on any atom is 0.273 e. The van der Waals surface area contributed by atoms with Crippen LogP contribution in [0.1, 0.15) is 11.1 Å². The highest BCUT2D eigenvalue weighted by molar-refractivity contribution is 7.98. The lowest BCUT2D eigenvalue weighted by molar-refractivity contribution is 0.722. The fraction of sp³-hybridized carbons (Fsp3) is 0.150. The minimum Gasteiger partial charge on any atom is -0.289 e. The second-order valence-corrected chi connectivity index (χ2v) is 8.81. The van der Waals surface area contributed by atoms with E-state index in [4.69, 9.17) is 17.2 Å². The minimum atomic E-state index is -0.0578. The Hall–Kier alpha value is -2.22. The number of fused-ring (bicyclic) bond motifs is 1. The van der Waals surface area contributed by atoms with Crippen molar-refractivity contribution >= 4 is 45.7 Å². The zero-order valence-electron chi connectivity index (χ0n) is 14.9. The van der Waals surface area contributed by atoms with E-state index in [9.17, 15) is 4.79 Å². The van der Waals surface area contributed by atoms with Gasteiger partial charge in [0.2, 0.25) is 0 Å². The van der Waals surface area contributed by atoms with Crippen molar-refractivity contribution < 1.29 is 0 Å². The number of thiazole rings is 1. The molecule has 0 spiro atoms. The van der Waals surface area contributed by atoms with Crippen molar-refractivity contribution in [3.05, 3.63) is 80.0 Å². The smallest absolute Gasteiger partial charge is 0.273 e. The van der Waals surface area contributed by atoms with Crippen LogP contribution in [-0.2, 0) is 12.8 Å². The summed E-state index contributed by atoms with van der Waals surface area (Å²) in [7, 11) is 1.76. The quantitative estimate of drug-likeness (QED) is 0.266. The van der Waals surface area contributed by atoms with Gasteiger partial charge in [-0.2, -0.15) is 0 Å². The lowest BCUT2D eigenvalue weighted by atomic mass is 10.2. The van der Waals surface area contributed by atoms with Gasteiger partial charge in [0.05, 0.1) is 0 Å². The number of hydrogen-bond acceptors (Lipinski definition) is 5. The first kappa shape index (κ1) is 18.2. The van der Waals surface area contributed by atoms with E-state index in [1.807, 2.05) is 54.0 Å². The van der Waals surface area contributed by atoms with Gasteiger partial charge in [0.25, 0.3) is 5.56 Å². The second kappa shape index (κ2) is 7.42. The van der Waals surface area contributed by atoms with Gasteiger partial charge in [-0.05, 0) is 36.8 Å². The lowest BCUT2D eigenvalue weighted by Gasteiger charge is -2.09. The highest BCUT2D eigenvalue weighted by atomic mass is 32.2. The van der Waals surface area contributed by atoms with Crippen LogP contribution < -0.4 is 5.56 Å². The SMILES string of the molecule is Cc1ccc(-n2c(=S)sc3c(=O)n(C)c(SCc4ccccc4)nc32)cc1. The monoisotopic (exact) mass is 411 g/mol. The molecule has 2 aromatic heterocycles. The van der Waals surface area contributed by atoms with Crippen LogP contribution in [0.25, 0.3) is 16.0 Å². The van der Waals surface area contributed by atoms with Crippen molar-refractivity contribution in [2.45, 2.75) is 17.8 Å². The molecule has 0 aliphatic heterocycles. The molecule has 0 atom stereocenters. The van der Waals surface area contributed by atoms with E-state index in [0.29, 0.717) is 19.5 Å². The highest BCUT2D eigenvalue weighted by Crippen LogP contribution is 2.27. The molecule has 0 unspecified atom stereocenters. The average Bonchev–Trinajstić information content (AvgIpc) is 3.01. The summed E-state index contributed by atoms with van der Waals surface area (Å²) < 4.78 is 4.72. The summed E-state index contributed by atoms with van der Waals surface area (Å²) in [6.07, 6.45) is 0. The number of aromatic nitrogens is 3. The maximum absolute atomic E-state index is 12.9. The van der Waals surface area contributed by atoms with E-state index in [1.54, 1.807) is 23.4 Å². The molecule has 0 aliphatic carbocycles. The molecular formula is C20H17N3OS3. The Balaban J connectivity index is 1.83. The van der Waals surface area contributed by atoms with Gasteiger partial charge in [0.15, 0.2) is 14.8 Å². The zero-order valence-corrected chi connectivity index (χ0v) is 17.3. The van der Waals surface area contributed by atoms with Crippen molar-refractivity contribution in [1.29, 1.82) is 0 Å². The van der Waals surface area contributed by atoms with E-state index < -0.39 is 0 Å². The zero-order chi connectivity index (χ0) is 19.0. The molecule has 0 amide bonds. The molecule has 0 radical (unpaired) electrons. The van der Waals surface area contributed by atoms with Crippen LogP contribution in [0.5, 0.6) is 0 Å². The summed E-state index contributed by atoms with van der Waals surface area (Å²) in [4.78, 5) is 17.7. The van der Waals surface area contributed by atoms with Crippen molar-refractivity contribution in [2.75, 3.05) is 0 Å². The van der Waals surface area contributed by atoms with Gasteiger partial charge in [-0.15, -0.1) is 0 Å². The molecule has 2 aromatic carbocycles. The van der Waals surface area contributed by atoms with Gasteiger partial charge >= 0.3 is 0 Å². The molecule has 136 valence electrons. The van der Waals surface area contributed by atoms with Gasteiger partial charge in [-0.25, -0.2) is 4.98 Å². The third kappa shape index (κ3) is 3.50. The normalized spacial score (nSPS) is 11.2. The Kier molecular flexibility index (Phi) is 4.99. The summed E-state index contributed by atoms with van der Waals surface area (Å²) in [6.45, 7) is 2.04. The number of rotatable bonds is 4. The summed E-state index contributed by atoms with van der Waals surface area (Å²) in [6, 6.07) is 18.2. The molecule has 4 rings (SSSR count). The van der Waals surface area contributed by atoms with E-state index >= 15 is 0 Å². The third-order valence-corrected chi connectivity index (χ3v) is 6.73. The molecule has 4 nitrogen and oxygen atoms in total. The molecule has 0 saturated heterocycles. The molecule has 2 heterocycles. The Morgan fingerprint density at radius 2 is 1.81 bits per heavy atom. The van der Waals surface area contributed by atoms with Crippen molar-refractivity contribution in [3.8, 4) is 5.69 Å². The molecule has 27 heavy (non-hydrogen) atoms. The summed E-state index contributed by atoms with van der Waals surface area (Å²) in [5, 5.41) is 0.685. The number of aryl methyl sites for hydroxylation is 1. The predicted molar refractivity (Wildman–Crippen MR) is 116 cm³/mol. The molecule has 4 aromatic rings. The highest BCUT2D eigenvalue weighted by Gasteiger charge is 2.16. The summed E-state index contributed by atoms with van der Waals surface area (Å²) in [5.74, 6) is 0.752. The number of benzene rings is 2. The Labute approximate surface area is 170 Å². The Morgan fingerprint density at radius 3 is 2.52 bits per heavy atom. The number of nitrogens with zero attached hydrogens (tertiary/aromatic N) is 3. The number of thioether (sulfide) groups is 1. The van der Waals surface area contributed by atoms with Gasteiger partial charge in [0, 0.05) is 18.5 Å². The van der Waals surface area contributed by atoms with Crippen LogP contribution in [0.4, 0.5) is 0 Å². The lowest BCUT2D eigenvalue weighted by Crippen LogP contribution is -2.19. The minimum absolute atomic E-state index is 0.0578. The number of hydrogen-bond donors (Lipinski definition) is 0. The van der Waals surface area contributed by atoms with Crippen LogP contribution in [0.2, 0.25) is 0 Å². The third-order valence-electron chi connectivity index (χ3n) is 4.28. The predicted octanol–water partition coefficient (Wildman–Crippen LogP) is 5.12. The summed E-state index contributed by atoms with van der Waals surface area (Å²) >= 11 is 8.41. The van der Waals surface area contributed by atoms with Crippen LogP contribution in [0, 0.1) is 10.9 Å². The van der Waals surface area contributed by atoms with Crippen molar-refractivity contribution in [2.24, 2.45) is 7.05 Å². The van der Waals surface area contributed by atoms with Crippen LogP contribution in [0.15, 0.2) is 64.5 Å². The molecular weight excluding hydrogens is 394 g/mol.